The smallest absolute Gasteiger partial charge is 0.327 e. The highest BCUT2D eigenvalue weighted by Crippen LogP contribution is 2.35. The maximum atomic E-state index is 12.7. The van der Waals surface area contributed by atoms with Crippen LogP contribution in [0.1, 0.15) is 49.1 Å². The van der Waals surface area contributed by atoms with Gasteiger partial charge in [-0.25, -0.2) is 0 Å². The lowest BCUT2D eigenvalue weighted by atomic mass is 9.87. The fourth-order valence-corrected chi connectivity index (χ4v) is 2.70. The van der Waals surface area contributed by atoms with Crippen molar-refractivity contribution in [2.45, 2.75) is 50.2 Å². The third kappa shape index (κ3) is 3.05. The largest absolute Gasteiger partial charge is 0.416 e. The minimum Gasteiger partial charge on any atom is -0.327 e. The van der Waals surface area contributed by atoms with Crippen molar-refractivity contribution in [2.75, 3.05) is 0 Å². The van der Waals surface area contributed by atoms with Gasteiger partial charge in [0, 0.05) is 6.04 Å². The van der Waals surface area contributed by atoms with Gasteiger partial charge in [-0.1, -0.05) is 37.5 Å². The van der Waals surface area contributed by atoms with Crippen LogP contribution in [0.5, 0.6) is 0 Å². The number of halogens is 3. The molecule has 1 saturated carbocycles. The van der Waals surface area contributed by atoms with E-state index in [1.54, 1.807) is 6.07 Å². The SMILES string of the molecule is NC1CCCCCC1c1cccc(C(F)(F)F)c1. The van der Waals surface area contributed by atoms with Crippen molar-refractivity contribution < 1.29 is 13.2 Å². The summed E-state index contributed by atoms with van der Waals surface area (Å²) in [6, 6.07) is 5.61. The fraction of sp³-hybridized carbons (Fsp3) is 0.571. The second-order valence-corrected chi connectivity index (χ2v) is 5.03. The van der Waals surface area contributed by atoms with E-state index < -0.39 is 11.7 Å². The molecule has 0 aromatic heterocycles. The molecule has 100 valence electrons. The summed E-state index contributed by atoms with van der Waals surface area (Å²) in [6.07, 6.45) is 0.780. The standard InChI is InChI=1S/C14H18F3N/c15-14(16,17)11-6-4-5-10(9-11)12-7-2-1-3-8-13(12)18/h4-6,9,12-13H,1-3,7-8,18H2. The van der Waals surface area contributed by atoms with Crippen molar-refractivity contribution in [1.29, 1.82) is 0 Å². The predicted molar refractivity (Wildman–Crippen MR) is 65.2 cm³/mol. The lowest BCUT2D eigenvalue weighted by Crippen LogP contribution is -2.27. The first kappa shape index (κ1) is 13.4. The minimum absolute atomic E-state index is 0.0176. The molecule has 0 heterocycles. The molecule has 1 aliphatic carbocycles. The molecule has 1 nitrogen and oxygen atoms in total. The third-order valence-corrected chi connectivity index (χ3v) is 3.71. The van der Waals surface area contributed by atoms with Crippen molar-refractivity contribution in [1.82, 2.24) is 0 Å². The molecule has 1 fully saturated rings. The Balaban J connectivity index is 2.26. The summed E-state index contributed by atoms with van der Waals surface area (Å²) in [6.45, 7) is 0. The fourth-order valence-electron chi connectivity index (χ4n) is 2.70. The number of hydrogen-bond acceptors (Lipinski definition) is 1. The zero-order valence-corrected chi connectivity index (χ0v) is 10.2. The second-order valence-electron chi connectivity index (χ2n) is 5.03. The van der Waals surface area contributed by atoms with Gasteiger partial charge in [-0.3, -0.25) is 0 Å². The predicted octanol–water partition coefficient (Wildman–Crippen LogP) is 4.08. The molecule has 1 aliphatic rings. The zero-order valence-electron chi connectivity index (χ0n) is 10.2. The summed E-state index contributed by atoms with van der Waals surface area (Å²) in [5.74, 6) is 0.0646. The van der Waals surface area contributed by atoms with Gasteiger partial charge in [0.05, 0.1) is 5.56 Å². The van der Waals surface area contributed by atoms with Gasteiger partial charge in [0.1, 0.15) is 0 Å². The van der Waals surface area contributed by atoms with Crippen LogP contribution >= 0.6 is 0 Å². The van der Waals surface area contributed by atoms with Crippen molar-refractivity contribution in [3.63, 3.8) is 0 Å². The minimum atomic E-state index is -4.27. The van der Waals surface area contributed by atoms with Gasteiger partial charge < -0.3 is 5.73 Å². The lowest BCUT2D eigenvalue weighted by molar-refractivity contribution is -0.137. The van der Waals surface area contributed by atoms with Crippen LogP contribution in [-0.4, -0.2) is 6.04 Å². The van der Waals surface area contributed by atoms with Crippen molar-refractivity contribution in [2.24, 2.45) is 5.73 Å². The van der Waals surface area contributed by atoms with E-state index in [-0.39, 0.29) is 12.0 Å². The average Bonchev–Trinajstić information content (AvgIpc) is 2.53. The summed E-state index contributed by atoms with van der Waals surface area (Å²) >= 11 is 0. The van der Waals surface area contributed by atoms with E-state index in [0.717, 1.165) is 43.7 Å². The van der Waals surface area contributed by atoms with E-state index in [4.69, 9.17) is 5.73 Å². The summed E-state index contributed by atoms with van der Waals surface area (Å²) in [5, 5.41) is 0. The first-order chi connectivity index (χ1) is 8.48. The van der Waals surface area contributed by atoms with Crippen molar-refractivity contribution in [3.05, 3.63) is 35.4 Å². The first-order valence-electron chi connectivity index (χ1n) is 6.41. The van der Waals surface area contributed by atoms with Crippen LogP contribution in [0.4, 0.5) is 13.2 Å². The van der Waals surface area contributed by atoms with Gasteiger partial charge >= 0.3 is 6.18 Å². The van der Waals surface area contributed by atoms with Gasteiger partial charge in [0.15, 0.2) is 0 Å². The molecule has 4 heteroatoms. The van der Waals surface area contributed by atoms with Gasteiger partial charge in [-0.2, -0.15) is 13.2 Å². The van der Waals surface area contributed by atoms with E-state index in [9.17, 15) is 13.2 Å². The monoisotopic (exact) mass is 257 g/mol. The Bertz CT molecular complexity index is 400. The molecule has 1 aromatic carbocycles. The topological polar surface area (TPSA) is 26.0 Å². The Hall–Kier alpha value is -1.03. The van der Waals surface area contributed by atoms with Crippen LogP contribution in [0.2, 0.25) is 0 Å². The Morgan fingerprint density at radius 1 is 1.06 bits per heavy atom. The Labute approximate surface area is 105 Å². The molecule has 2 atom stereocenters. The van der Waals surface area contributed by atoms with Crippen LogP contribution < -0.4 is 5.73 Å². The summed E-state index contributed by atoms with van der Waals surface area (Å²) in [5.41, 5.74) is 6.25. The molecular formula is C14H18F3N. The Morgan fingerprint density at radius 3 is 2.50 bits per heavy atom. The number of nitrogens with two attached hydrogens (primary N) is 1. The molecule has 1 aromatic rings. The third-order valence-electron chi connectivity index (χ3n) is 3.71. The molecule has 0 bridgehead atoms. The zero-order chi connectivity index (χ0) is 13.2. The maximum absolute atomic E-state index is 12.7. The van der Waals surface area contributed by atoms with Crippen molar-refractivity contribution >= 4 is 0 Å². The van der Waals surface area contributed by atoms with Crippen LogP contribution in [0.3, 0.4) is 0 Å². The van der Waals surface area contributed by atoms with E-state index in [1.807, 2.05) is 0 Å². The van der Waals surface area contributed by atoms with Gasteiger partial charge in [0.25, 0.3) is 0 Å². The molecule has 2 N–H and O–H groups in total. The molecule has 0 saturated heterocycles. The van der Waals surface area contributed by atoms with Gasteiger partial charge in [0.2, 0.25) is 0 Å². The first-order valence-corrected chi connectivity index (χ1v) is 6.41. The lowest BCUT2D eigenvalue weighted by Gasteiger charge is -2.22. The van der Waals surface area contributed by atoms with Crippen LogP contribution in [0.25, 0.3) is 0 Å². The average molecular weight is 257 g/mol. The second kappa shape index (κ2) is 5.31. The quantitative estimate of drug-likeness (QED) is 0.754. The number of alkyl halides is 3. The Kier molecular flexibility index (Phi) is 3.95. The van der Waals surface area contributed by atoms with Crippen LogP contribution in [-0.2, 0) is 6.18 Å². The summed E-state index contributed by atoms with van der Waals surface area (Å²) in [4.78, 5) is 0. The van der Waals surface area contributed by atoms with E-state index in [2.05, 4.69) is 0 Å². The van der Waals surface area contributed by atoms with Gasteiger partial charge in [-0.15, -0.1) is 0 Å². The number of hydrogen-bond donors (Lipinski definition) is 1. The summed E-state index contributed by atoms with van der Waals surface area (Å²) in [7, 11) is 0. The molecule has 0 radical (unpaired) electrons. The van der Waals surface area contributed by atoms with Crippen LogP contribution in [0.15, 0.2) is 24.3 Å². The van der Waals surface area contributed by atoms with Crippen molar-refractivity contribution in [3.8, 4) is 0 Å². The maximum Gasteiger partial charge on any atom is 0.416 e. The van der Waals surface area contributed by atoms with E-state index in [0.29, 0.717) is 0 Å². The van der Waals surface area contributed by atoms with E-state index >= 15 is 0 Å². The molecule has 0 amide bonds. The van der Waals surface area contributed by atoms with Crippen LogP contribution in [0, 0.1) is 0 Å². The molecule has 2 unspecified atom stereocenters. The molecule has 2 rings (SSSR count). The van der Waals surface area contributed by atoms with Gasteiger partial charge in [-0.05, 0) is 30.4 Å². The summed E-state index contributed by atoms with van der Waals surface area (Å²) < 4.78 is 38.0. The number of rotatable bonds is 1. The molecule has 0 aliphatic heterocycles. The highest BCUT2D eigenvalue weighted by Gasteiger charge is 2.31. The molecular weight excluding hydrogens is 239 g/mol. The number of benzene rings is 1. The van der Waals surface area contributed by atoms with E-state index in [1.165, 1.54) is 12.1 Å². The molecule has 0 spiro atoms. The highest BCUT2D eigenvalue weighted by atomic mass is 19.4. The Morgan fingerprint density at radius 2 is 1.78 bits per heavy atom. The highest BCUT2D eigenvalue weighted by molar-refractivity contribution is 5.29. The normalized spacial score (nSPS) is 25.8. The molecule has 18 heavy (non-hydrogen) atoms.